The van der Waals surface area contributed by atoms with Crippen molar-refractivity contribution in [2.75, 3.05) is 5.32 Å². The van der Waals surface area contributed by atoms with Crippen LogP contribution in [0.1, 0.15) is 17.9 Å². The van der Waals surface area contributed by atoms with Crippen LogP contribution in [0, 0.1) is 0 Å². The number of carbonyl (C=O) groups is 1. The lowest BCUT2D eigenvalue weighted by atomic mass is 10.1. The molecule has 0 bridgehead atoms. The highest BCUT2D eigenvalue weighted by Gasteiger charge is 2.33. The normalized spacial score (nSPS) is 11.5. The number of nitrogens with one attached hydrogen (secondary N) is 1. The summed E-state index contributed by atoms with van der Waals surface area (Å²) in [5, 5.41) is 11.9. The van der Waals surface area contributed by atoms with Gasteiger partial charge in [0.1, 0.15) is 0 Å². The zero-order chi connectivity index (χ0) is 17.9. The number of carbonyl (C=O) groups excluding carboxylic acids is 1. The molecule has 1 N–H and O–H groups in total. The van der Waals surface area contributed by atoms with Gasteiger partial charge in [-0.1, -0.05) is 18.2 Å². The van der Waals surface area contributed by atoms with E-state index in [0.717, 1.165) is 10.9 Å². The number of benzene rings is 1. The van der Waals surface area contributed by atoms with Crippen molar-refractivity contribution < 1.29 is 22.4 Å². The molecule has 0 saturated heterocycles. The molecule has 1 aromatic carbocycles. The summed E-state index contributed by atoms with van der Waals surface area (Å²) in [4.78, 5) is 12.7. The van der Waals surface area contributed by atoms with Gasteiger partial charge in [-0.25, -0.2) is 0 Å². The number of rotatable bonds is 5. The number of amides is 1. The van der Waals surface area contributed by atoms with Gasteiger partial charge < -0.3 is 9.73 Å². The van der Waals surface area contributed by atoms with Gasteiger partial charge in [-0.3, -0.25) is 4.79 Å². The van der Waals surface area contributed by atoms with Crippen molar-refractivity contribution in [2.45, 2.75) is 19.0 Å². The zero-order valence-corrected chi connectivity index (χ0v) is 13.5. The molecule has 0 saturated carbocycles. The molecule has 3 aromatic rings. The van der Waals surface area contributed by atoms with Gasteiger partial charge in [0.2, 0.25) is 11.8 Å². The van der Waals surface area contributed by atoms with Crippen LogP contribution in [-0.2, 0) is 17.4 Å². The van der Waals surface area contributed by atoms with Crippen LogP contribution in [0.25, 0.3) is 10.8 Å². The van der Waals surface area contributed by atoms with Gasteiger partial charge in [0.25, 0.3) is 5.89 Å². The first-order valence-corrected chi connectivity index (χ1v) is 8.14. The molecule has 130 valence electrons. The first-order valence-electron chi connectivity index (χ1n) is 7.26. The molecule has 9 heteroatoms. The summed E-state index contributed by atoms with van der Waals surface area (Å²) in [5.74, 6) is 0.0445. The van der Waals surface area contributed by atoms with Crippen LogP contribution in [0.4, 0.5) is 18.9 Å². The fraction of sp³-hybridized carbons (Fsp3) is 0.188. The lowest BCUT2D eigenvalue weighted by molar-refractivity contribution is -0.137. The highest BCUT2D eigenvalue weighted by molar-refractivity contribution is 7.13. The number of aromatic nitrogens is 2. The number of hydrogen-bond donors (Lipinski definition) is 1. The van der Waals surface area contributed by atoms with E-state index >= 15 is 0 Å². The molecule has 1 amide bonds. The highest BCUT2D eigenvalue weighted by Crippen LogP contribution is 2.34. The van der Waals surface area contributed by atoms with Gasteiger partial charge in [0.15, 0.2) is 0 Å². The Hall–Kier alpha value is -2.68. The number of anilines is 1. The van der Waals surface area contributed by atoms with Crippen LogP contribution in [-0.4, -0.2) is 16.1 Å². The molecule has 2 heterocycles. The third kappa shape index (κ3) is 4.24. The standard InChI is InChI=1S/C16H12F3N3O2S/c17-16(18,19)10-4-1-2-5-11(10)20-13(23)7-8-14-21-22-15(24-14)12-6-3-9-25-12/h1-6,9H,7-8H2,(H,20,23). The topological polar surface area (TPSA) is 68.0 Å². The number of hydrogen-bond acceptors (Lipinski definition) is 5. The van der Waals surface area contributed by atoms with E-state index in [-0.39, 0.29) is 24.4 Å². The van der Waals surface area contributed by atoms with Crippen LogP contribution in [0.3, 0.4) is 0 Å². The van der Waals surface area contributed by atoms with E-state index in [1.165, 1.54) is 29.5 Å². The van der Waals surface area contributed by atoms with Gasteiger partial charge in [-0.2, -0.15) is 13.2 Å². The fourth-order valence-corrected chi connectivity index (χ4v) is 2.77. The highest BCUT2D eigenvalue weighted by atomic mass is 32.1. The van der Waals surface area contributed by atoms with Crippen LogP contribution in [0.15, 0.2) is 46.2 Å². The quantitative estimate of drug-likeness (QED) is 0.726. The lowest BCUT2D eigenvalue weighted by Gasteiger charge is -2.13. The second kappa shape index (κ2) is 7.06. The average molecular weight is 367 g/mol. The molecule has 5 nitrogen and oxygen atoms in total. The Bertz CT molecular complexity index is 860. The van der Waals surface area contributed by atoms with Crippen LogP contribution in [0.2, 0.25) is 0 Å². The number of para-hydroxylation sites is 1. The van der Waals surface area contributed by atoms with Gasteiger partial charge in [0.05, 0.1) is 16.1 Å². The molecule has 0 fully saturated rings. The molecular weight excluding hydrogens is 355 g/mol. The van der Waals surface area contributed by atoms with Crippen molar-refractivity contribution in [3.05, 3.63) is 53.2 Å². The molecule has 0 unspecified atom stereocenters. The van der Waals surface area contributed by atoms with Crippen molar-refractivity contribution in [1.29, 1.82) is 0 Å². The molecule has 25 heavy (non-hydrogen) atoms. The summed E-state index contributed by atoms with van der Waals surface area (Å²) in [6.45, 7) is 0. The molecule has 0 aliphatic carbocycles. The summed E-state index contributed by atoms with van der Waals surface area (Å²) >= 11 is 1.44. The van der Waals surface area contributed by atoms with Crippen molar-refractivity contribution in [3.63, 3.8) is 0 Å². The predicted molar refractivity (Wildman–Crippen MR) is 86.0 cm³/mol. The second-order valence-electron chi connectivity index (χ2n) is 5.07. The molecule has 0 radical (unpaired) electrons. The summed E-state index contributed by atoms with van der Waals surface area (Å²) in [5.41, 5.74) is -1.16. The van der Waals surface area contributed by atoms with E-state index in [1.54, 1.807) is 0 Å². The summed E-state index contributed by atoms with van der Waals surface area (Å²) in [6, 6.07) is 8.49. The lowest BCUT2D eigenvalue weighted by Crippen LogP contribution is -2.16. The third-order valence-corrected chi connectivity index (χ3v) is 4.13. The maximum absolute atomic E-state index is 12.9. The zero-order valence-electron chi connectivity index (χ0n) is 12.7. The van der Waals surface area contributed by atoms with E-state index in [2.05, 4.69) is 15.5 Å². The SMILES string of the molecule is O=C(CCc1nnc(-c2cccs2)o1)Nc1ccccc1C(F)(F)F. The summed E-state index contributed by atoms with van der Waals surface area (Å²) in [6.07, 6.45) is -4.47. The van der Waals surface area contributed by atoms with Gasteiger partial charge in [-0.15, -0.1) is 21.5 Å². The molecule has 0 spiro atoms. The number of alkyl halides is 3. The van der Waals surface area contributed by atoms with E-state index in [9.17, 15) is 18.0 Å². The van der Waals surface area contributed by atoms with E-state index < -0.39 is 17.6 Å². The Morgan fingerprint density at radius 3 is 2.68 bits per heavy atom. The smallest absolute Gasteiger partial charge is 0.418 e. The molecule has 0 aliphatic heterocycles. The Morgan fingerprint density at radius 2 is 1.96 bits per heavy atom. The van der Waals surface area contributed by atoms with Crippen LogP contribution < -0.4 is 5.32 Å². The minimum Gasteiger partial charge on any atom is -0.420 e. The Kier molecular flexibility index (Phi) is 4.84. The average Bonchev–Trinajstić information content (AvgIpc) is 3.24. The van der Waals surface area contributed by atoms with E-state index in [4.69, 9.17) is 4.42 Å². The number of thiophene rings is 1. The monoisotopic (exact) mass is 367 g/mol. The first-order chi connectivity index (χ1) is 11.9. The van der Waals surface area contributed by atoms with E-state index in [1.807, 2.05) is 17.5 Å². The van der Waals surface area contributed by atoms with Gasteiger partial charge in [0, 0.05) is 12.8 Å². The molecule has 0 atom stereocenters. The minimum atomic E-state index is -4.54. The van der Waals surface area contributed by atoms with Crippen molar-refractivity contribution >= 4 is 22.9 Å². The van der Waals surface area contributed by atoms with Crippen LogP contribution in [0.5, 0.6) is 0 Å². The van der Waals surface area contributed by atoms with Crippen LogP contribution >= 0.6 is 11.3 Å². The molecule has 0 aliphatic rings. The number of nitrogens with zero attached hydrogens (tertiary/aromatic N) is 2. The number of aryl methyl sites for hydroxylation is 1. The largest absolute Gasteiger partial charge is 0.420 e. The van der Waals surface area contributed by atoms with Crippen molar-refractivity contribution in [1.82, 2.24) is 10.2 Å². The minimum absolute atomic E-state index is 0.0712. The van der Waals surface area contributed by atoms with Crippen molar-refractivity contribution in [3.8, 4) is 10.8 Å². The maximum Gasteiger partial charge on any atom is 0.418 e. The molecular formula is C16H12F3N3O2S. The third-order valence-electron chi connectivity index (χ3n) is 3.27. The maximum atomic E-state index is 12.9. The van der Waals surface area contributed by atoms with E-state index in [0.29, 0.717) is 5.89 Å². The Balaban J connectivity index is 1.61. The van der Waals surface area contributed by atoms with Crippen molar-refractivity contribution in [2.24, 2.45) is 0 Å². The van der Waals surface area contributed by atoms with Gasteiger partial charge >= 0.3 is 6.18 Å². The summed E-state index contributed by atoms with van der Waals surface area (Å²) < 4.78 is 44.1. The Labute approximate surface area is 144 Å². The number of halogens is 3. The van der Waals surface area contributed by atoms with Gasteiger partial charge in [-0.05, 0) is 23.6 Å². The predicted octanol–water partition coefficient (Wildman–Crippen LogP) is 4.39. The second-order valence-corrected chi connectivity index (χ2v) is 6.02. The molecule has 2 aromatic heterocycles. The Morgan fingerprint density at radius 1 is 1.16 bits per heavy atom. The molecule has 3 rings (SSSR count). The summed E-state index contributed by atoms with van der Waals surface area (Å²) in [7, 11) is 0. The fourth-order valence-electron chi connectivity index (χ4n) is 2.13. The first kappa shape index (κ1) is 17.2.